The van der Waals surface area contributed by atoms with Crippen LogP contribution in [-0.2, 0) is 4.74 Å². The van der Waals surface area contributed by atoms with E-state index in [1.807, 2.05) is 6.07 Å². The van der Waals surface area contributed by atoms with Crippen molar-refractivity contribution in [3.63, 3.8) is 0 Å². The lowest BCUT2D eigenvalue weighted by Gasteiger charge is -2.25. The summed E-state index contributed by atoms with van der Waals surface area (Å²) in [6, 6.07) is 12.6. The van der Waals surface area contributed by atoms with Crippen LogP contribution in [0.4, 0.5) is 14.9 Å². The zero-order valence-corrected chi connectivity index (χ0v) is 14.6. The van der Waals surface area contributed by atoms with E-state index in [0.717, 1.165) is 18.4 Å². The number of amides is 2. The third kappa shape index (κ3) is 4.02. The molecule has 3 rings (SSSR count). The second kappa shape index (κ2) is 7.99. The molecule has 2 aromatic rings. The average molecular weight is 356 g/mol. The summed E-state index contributed by atoms with van der Waals surface area (Å²) >= 11 is 0. The molecule has 136 valence electrons. The summed E-state index contributed by atoms with van der Waals surface area (Å²) in [6.45, 7) is 2.68. The monoisotopic (exact) mass is 356 g/mol. The quantitative estimate of drug-likeness (QED) is 0.828. The molecule has 1 N–H and O–H groups in total. The molecule has 0 bridgehead atoms. The minimum atomic E-state index is -0.393. The fourth-order valence-electron chi connectivity index (χ4n) is 3.17. The van der Waals surface area contributed by atoms with Gasteiger partial charge in [-0.2, -0.15) is 0 Å². The van der Waals surface area contributed by atoms with Crippen LogP contribution >= 0.6 is 0 Å². The zero-order valence-electron chi connectivity index (χ0n) is 14.6. The first-order valence-corrected chi connectivity index (χ1v) is 8.68. The van der Waals surface area contributed by atoms with Gasteiger partial charge in [0.2, 0.25) is 0 Å². The molecule has 26 heavy (non-hydrogen) atoms. The summed E-state index contributed by atoms with van der Waals surface area (Å²) in [6.07, 6.45) is 1.68. The molecule has 1 unspecified atom stereocenters. The molecule has 6 heteroatoms. The number of carbonyl (C=O) groups excluding carboxylic acids is 2. The fourth-order valence-corrected chi connectivity index (χ4v) is 3.17. The summed E-state index contributed by atoms with van der Waals surface area (Å²) in [5.41, 5.74) is 1.83. The standard InChI is InChI=1S/C20H21FN2O3/c1-2-26-19(24)14-8-10-17(11-9-14)22-20(25)23-12-4-7-18(23)15-5-3-6-16(21)13-15/h3,5-6,8-11,13,18H,2,4,7,12H2,1H3,(H,22,25). The van der Waals surface area contributed by atoms with E-state index in [4.69, 9.17) is 4.74 Å². The maximum atomic E-state index is 13.5. The topological polar surface area (TPSA) is 58.6 Å². The van der Waals surface area contributed by atoms with E-state index in [0.29, 0.717) is 24.4 Å². The molecule has 1 fully saturated rings. The van der Waals surface area contributed by atoms with E-state index in [2.05, 4.69) is 5.32 Å². The van der Waals surface area contributed by atoms with E-state index < -0.39 is 5.97 Å². The Hall–Kier alpha value is -2.89. The Bertz CT molecular complexity index is 792. The van der Waals surface area contributed by atoms with Crippen LogP contribution in [0.25, 0.3) is 0 Å². The maximum absolute atomic E-state index is 13.5. The van der Waals surface area contributed by atoms with Gasteiger partial charge < -0.3 is 15.0 Å². The van der Waals surface area contributed by atoms with Gasteiger partial charge in [0.1, 0.15) is 5.82 Å². The minimum absolute atomic E-state index is 0.135. The van der Waals surface area contributed by atoms with Gasteiger partial charge >= 0.3 is 12.0 Å². The zero-order chi connectivity index (χ0) is 18.5. The molecule has 1 atom stereocenters. The smallest absolute Gasteiger partial charge is 0.338 e. The first-order valence-electron chi connectivity index (χ1n) is 8.68. The molecular weight excluding hydrogens is 335 g/mol. The van der Waals surface area contributed by atoms with Gasteiger partial charge in [0, 0.05) is 12.2 Å². The minimum Gasteiger partial charge on any atom is -0.462 e. The van der Waals surface area contributed by atoms with Gasteiger partial charge in [0.25, 0.3) is 0 Å². The molecule has 0 spiro atoms. The van der Waals surface area contributed by atoms with Crippen LogP contribution in [0.5, 0.6) is 0 Å². The van der Waals surface area contributed by atoms with Crippen molar-refractivity contribution in [2.45, 2.75) is 25.8 Å². The Morgan fingerprint density at radius 1 is 1.23 bits per heavy atom. The Balaban J connectivity index is 1.68. The molecule has 2 amide bonds. The van der Waals surface area contributed by atoms with Gasteiger partial charge in [0.05, 0.1) is 18.2 Å². The SMILES string of the molecule is CCOC(=O)c1ccc(NC(=O)N2CCCC2c2cccc(F)c2)cc1. The number of nitrogens with one attached hydrogen (secondary N) is 1. The van der Waals surface area contributed by atoms with Crippen molar-refractivity contribution in [3.8, 4) is 0 Å². The first-order chi connectivity index (χ1) is 12.6. The highest BCUT2D eigenvalue weighted by Crippen LogP contribution is 2.32. The fraction of sp³-hybridized carbons (Fsp3) is 0.300. The highest BCUT2D eigenvalue weighted by molar-refractivity contribution is 5.92. The molecule has 1 heterocycles. The average Bonchev–Trinajstić information content (AvgIpc) is 3.12. The van der Waals surface area contributed by atoms with Crippen LogP contribution in [0.1, 0.15) is 41.7 Å². The van der Waals surface area contributed by atoms with E-state index in [1.165, 1.54) is 12.1 Å². The van der Waals surface area contributed by atoms with Crippen molar-refractivity contribution in [3.05, 3.63) is 65.5 Å². The van der Waals surface area contributed by atoms with Gasteiger partial charge in [-0.15, -0.1) is 0 Å². The van der Waals surface area contributed by atoms with Crippen LogP contribution in [0, 0.1) is 5.82 Å². The Labute approximate surface area is 151 Å². The van der Waals surface area contributed by atoms with Crippen molar-refractivity contribution in [1.82, 2.24) is 4.90 Å². The predicted molar refractivity (Wildman–Crippen MR) is 96.5 cm³/mol. The molecule has 0 aliphatic carbocycles. The number of carbonyl (C=O) groups is 2. The summed E-state index contributed by atoms with van der Waals surface area (Å²) in [4.78, 5) is 26.0. The Morgan fingerprint density at radius 2 is 2.00 bits per heavy atom. The number of hydrogen-bond acceptors (Lipinski definition) is 3. The normalized spacial score (nSPS) is 16.4. The van der Waals surface area contributed by atoms with Gasteiger partial charge in [-0.1, -0.05) is 12.1 Å². The number of ether oxygens (including phenoxy) is 1. The number of hydrogen-bond donors (Lipinski definition) is 1. The number of rotatable bonds is 4. The molecule has 5 nitrogen and oxygen atoms in total. The number of benzene rings is 2. The van der Waals surface area contributed by atoms with E-state index in [9.17, 15) is 14.0 Å². The van der Waals surface area contributed by atoms with Crippen molar-refractivity contribution >= 4 is 17.7 Å². The summed E-state index contributed by atoms with van der Waals surface area (Å²) in [7, 11) is 0. The van der Waals surface area contributed by atoms with Crippen LogP contribution in [0.15, 0.2) is 48.5 Å². The van der Waals surface area contributed by atoms with Crippen molar-refractivity contribution in [2.75, 3.05) is 18.5 Å². The van der Waals surface area contributed by atoms with Gasteiger partial charge in [-0.05, 0) is 61.7 Å². The summed E-state index contributed by atoms with van der Waals surface area (Å²) in [5, 5.41) is 2.84. The number of nitrogens with zero attached hydrogens (tertiary/aromatic N) is 1. The van der Waals surface area contributed by atoms with Crippen LogP contribution in [0.2, 0.25) is 0 Å². The largest absolute Gasteiger partial charge is 0.462 e. The maximum Gasteiger partial charge on any atom is 0.338 e. The Morgan fingerprint density at radius 3 is 2.69 bits per heavy atom. The highest BCUT2D eigenvalue weighted by Gasteiger charge is 2.30. The van der Waals surface area contributed by atoms with Gasteiger partial charge in [0.15, 0.2) is 0 Å². The van der Waals surface area contributed by atoms with E-state index in [1.54, 1.807) is 42.2 Å². The first kappa shape index (κ1) is 17.9. The van der Waals surface area contributed by atoms with Crippen molar-refractivity contribution in [1.29, 1.82) is 0 Å². The number of esters is 1. The second-order valence-corrected chi connectivity index (χ2v) is 6.13. The highest BCUT2D eigenvalue weighted by atomic mass is 19.1. The lowest BCUT2D eigenvalue weighted by Crippen LogP contribution is -2.34. The van der Waals surface area contributed by atoms with Crippen LogP contribution < -0.4 is 5.32 Å². The molecule has 2 aromatic carbocycles. The molecule has 0 saturated carbocycles. The molecular formula is C20H21FN2O3. The second-order valence-electron chi connectivity index (χ2n) is 6.13. The van der Waals surface area contributed by atoms with Crippen LogP contribution in [0.3, 0.4) is 0 Å². The number of anilines is 1. The number of likely N-dealkylation sites (tertiary alicyclic amines) is 1. The molecule has 0 aromatic heterocycles. The van der Waals surface area contributed by atoms with E-state index >= 15 is 0 Å². The molecule has 0 radical (unpaired) electrons. The lowest BCUT2D eigenvalue weighted by atomic mass is 10.0. The summed E-state index contributed by atoms with van der Waals surface area (Å²) in [5.74, 6) is -0.694. The van der Waals surface area contributed by atoms with Crippen LogP contribution in [-0.4, -0.2) is 30.1 Å². The number of urea groups is 1. The van der Waals surface area contributed by atoms with Crippen molar-refractivity contribution < 1.29 is 18.7 Å². The number of halogens is 1. The molecule has 1 aliphatic rings. The van der Waals surface area contributed by atoms with Gasteiger partial charge in [-0.25, -0.2) is 14.0 Å². The van der Waals surface area contributed by atoms with E-state index in [-0.39, 0.29) is 17.9 Å². The predicted octanol–water partition coefficient (Wildman–Crippen LogP) is 4.37. The summed E-state index contributed by atoms with van der Waals surface area (Å²) < 4.78 is 18.4. The Kier molecular flexibility index (Phi) is 5.51. The molecule has 1 aliphatic heterocycles. The van der Waals surface area contributed by atoms with Crippen molar-refractivity contribution in [2.24, 2.45) is 0 Å². The third-order valence-corrected chi connectivity index (χ3v) is 4.39. The van der Waals surface area contributed by atoms with Gasteiger partial charge in [-0.3, -0.25) is 0 Å². The molecule has 1 saturated heterocycles. The third-order valence-electron chi connectivity index (χ3n) is 4.39. The lowest BCUT2D eigenvalue weighted by molar-refractivity contribution is 0.0526.